The van der Waals surface area contributed by atoms with Crippen LogP contribution in [0.15, 0.2) is 0 Å². The smallest absolute Gasteiger partial charge is 0.0278 e. The Morgan fingerprint density at radius 3 is 2.56 bits per heavy atom. The highest BCUT2D eigenvalue weighted by atomic mass is 32.2. The lowest BCUT2D eigenvalue weighted by Crippen LogP contribution is -2.64. The van der Waals surface area contributed by atoms with Gasteiger partial charge in [-0.25, -0.2) is 0 Å². The molecule has 18 heavy (non-hydrogen) atoms. The molecule has 1 heterocycles. The summed E-state index contributed by atoms with van der Waals surface area (Å²) in [5.74, 6) is 2.80. The zero-order valence-corrected chi connectivity index (χ0v) is 13.9. The maximum absolute atomic E-state index is 3.76. The molecule has 0 spiro atoms. The maximum atomic E-state index is 3.76. The molecule has 0 aromatic carbocycles. The second-order valence-electron chi connectivity index (χ2n) is 6.60. The molecule has 0 saturated carbocycles. The van der Waals surface area contributed by atoms with Crippen LogP contribution in [0.2, 0.25) is 0 Å². The number of thioether (sulfide) groups is 1. The average Bonchev–Trinajstić information content (AvgIpc) is 2.29. The molecule has 0 aromatic rings. The van der Waals surface area contributed by atoms with Crippen LogP contribution in [0.5, 0.6) is 0 Å². The lowest BCUT2D eigenvalue weighted by Gasteiger charge is -2.48. The molecule has 0 aliphatic carbocycles. The highest BCUT2D eigenvalue weighted by molar-refractivity contribution is 7.98. The predicted molar refractivity (Wildman–Crippen MR) is 84.4 cm³/mol. The molecule has 2 nitrogen and oxygen atoms in total. The van der Waals surface area contributed by atoms with Crippen LogP contribution >= 0.6 is 11.8 Å². The van der Waals surface area contributed by atoms with Gasteiger partial charge in [-0.3, -0.25) is 4.90 Å². The van der Waals surface area contributed by atoms with E-state index in [4.69, 9.17) is 0 Å². The summed E-state index contributed by atoms with van der Waals surface area (Å²) in [5, 5.41) is 3.76. The summed E-state index contributed by atoms with van der Waals surface area (Å²) in [4.78, 5) is 2.74. The van der Waals surface area contributed by atoms with Gasteiger partial charge in [-0.05, 0) is 37.2 Å². The highest BCUT2D eigenvalue weighted by Gasteiger charge is 2.35. The van der Waals surface area contributed by atoms with Gasteiger partial charge >= 0.3 is 0 Å². The number of nitrogens with one attached hydrogen (secondary N) is 1. The number of hydrogen-bond acceptors (Lipinski definition) is 3. The number of nitrogens with zero attached hydrogens (tertiary/aromatic N) is 1. The maximum Gasteiger partial charge on any atom is 0.0278 e. The van der Waals surface area contributed by atoms with E-state index in [9.17, 15) is 0 Å². The Morgan fingerprint density at radius 2 is 2.06 bits per heavy atom. The van der Waals surface area contributed by atoms with Crippen molar-refractivity contribution in [1.29, 1.82) is 0 Å². The van der Waals surface area contributed by atoms with Crippen molar-refractivity contribution >= 4 is 11.8 Å². The Kier molecular flexibility index (Phi) is 6.49. The van der Waals surface area contributed by atoms with E-state index in [1.807, 2.05) is 11.8 Å². The van der Waals surface area contributed by atoms with E-state index in [-0.39, 0.29) is 0 Å². The van der Waals surface area contributed by atoms with Gasteiger partial charge in [0.1, 0.15) is 0 Å². The van der Waals surface area contributed by atoms with Crippen LogP contribution in [0.1, 0.15) is 41.0 Å². The summed E-state index contributed by atoms with van der Waals surface area (Å²) in [5.41, 5.74) is 0.310. The third-order valence-electron chi connectivity index (χ3n) is 4.31. The minimum absolute atomic E-state index is 0.310. The third-order valence-corrected chi connectivity index (χ3v) is 5.21. The first-order valence-corrected chi connectivity index (χ1v) is 8.79. The molecule has 0 aromatic heterocycles. The zero-order chi connectivity index (χ0) is 13.8. The summed E-state index contributed by atoms with van der Waals surface area (Å²) in [6.45, 7) is 15.4. The molecule has 3 unspecified atom stereocenters. The lowest BCUT2D eigenvalue weighted by molar-refractivity contribution is 0.0515. The fourth-order valence-electron chi connectivity index (χ4n) is 2.93. The Balaban J connectivity index is 2.66. The highest BCUT2D eigenvalue weighted by Crippen LogP contribution is 2.24. The topological polar surface area (TPSA) is 15.3 Å². The summed E-state index contributed by atoms with van der Waals surface area (Å²) in [6.07, 6.45) is 3.43. The first-order valence-electron chi connectivity index (χ1n) is 7.40. The van der Waals surface area contributed by atoms with Gasteiger partial charge in [-0.2, -0.15) is 11.8 Å². The van der Waals surface area contributed by atoms with Gasteiger partial charge in [0.15, 0.2) is 0 Å². The molecule has 1 fully saturated rings. The monoisotopic (exact) mass is 272 g/mol. The Bertz CT molecular complexity index is 245. The van der Waals surface area contributed by atoms with Crippen LogP contribution < -0.4 is 5.32 Å². The first-order chi connectivity index (χ1) is 8.41. The first kappa shape index (κ1) is 16.3. The molecule has 0 amide bonds. The molecular weight excluding hydrogens is 240 g/mol. The Hall–Kier alpha value is 0.270. The van der Waals surface area contributed by atoms with Gasteiger partial charge in [-0.1, -0.05) is 27.7 Å². The summed E-state index contributed by atoms with van der Waals surface area (Å²) < 4.78 is 0. The van der Waals surface area contributed by atoms with Crippen LogP contribution in [0.3, 0.4) is 0 Å². The molecule has 108 valence electrons. The standard InChI is InChI=1S/C15H32N2S/c1-7-15(5)11-17(9-13(4)10-18-6)14(8-16-15)12(2)3/h12-14,16H,7-11H2,1-6H3. The lowest BCUT2D eigenvalue weighted by atomic mass is 9.89. The van der Waals surface area contributed by atoms with Crippen molar-refractivity contribution < 1.29 is 0 Å². The fraction of sp³-hybridized carbons (Fsp3) is 1.00. The van der Waals surface area contributed by atoms with E-state index in [1.54, 1.807) is 0 Å². The largest absolute Gasteiger partial charge is 0.309 e. The quantitative estimate of drug-likeness (QED) is 0.800. The van der Waals surface area contributed by atoms with Crippen molar-refractivity contribution in [2.75, 3.05) is 31.6 Å². The van der Waals surface area contributed by atoms with E-state index >= 15 is 0 Å². The number of rotatable bonds is 6. The summed E-state index contributed by atoms with van der Waals surface area (Å²) >= 11 is 1.97. The van der Waals surface area contributed by atoms with Crippen molar-refractivity contribution in [2.45, 2.75) is 52.6 Å². The number of piperazine rings is 1. The zero-order valence-electron chi connectivity index (χ0n) is 13.1. The van der Waals surface area contributed by atoms with Gasteiger partial charge in [0.05, 0.1) is 0 Å². The minimum atomic E-state index is 0.310. The van der Waals surface area contributed by atoms with Crippen LogP contribution in [-0.2, 0) is 0 Å². The predicted octanol–water partition coefficient (Wildman–Crippen LogP) is 3.08. The van der Waals surface area contributed by atoms with Crippen LogP contribution in [-0.4, -0.2) is 48.1 Å². The molecule has 3 heteroatoms. The minimum Gasteiger partial charge on any atom is -0.309 e. The molecule has 1 aliphatic heterocycles. The van der Waals surface area contributed by atoms with Gasteiger partial charge in [0, 0.05) is 31.2 Å². The van der Waals surface area contributed by atoms with E-state index < -0.39 is 0 Å². The van der Waals surface area contributed by atoms with Gasteiger partial charge in [0.25, 0.3) is 0 Å². The van der Waals surface area contributed by atoms with Crippen molar-refractivity contribution in [1.82, 2.24) is 10.2 Å². The van der Waals surface area contributed by atoms with E-state index in [1.165, 1.54) is 25.3 Å². The molecule has 0 bridgehead atoms. The molecule has 0 radical (unpaired) electrons. The molecule has 1 aliphatic rings. The second-order valence-corrected chi connectivity index (χ2v) is 7.51. The van der Waals surface area contributed by atoms with Crippen LogP contribution in [0.4, 0.5) is 0 Å². The summed E-state index contributed by atoms with van der Waals surface area (Å²) in [6, 6.07) is 0.703. The number of hydrogen-bond donors (Lipinski definition) is 1. The SMILES string of the molecule is CCC1(C)CN(CC(C)CSC)C(C(C)C)CN1. The Labute approximate surface area is 118 Å². The molecular formula is C15H32N2S. The molecule has 1 N–H and O–H groups in total. The van der Waals surface area contributed by atoms with Crippen molar-refractivity contribution in [3.8, 4) is 0 Å². The fourth-order valence-corrected chi connectivity index (χ4v) is 3.61. The van der Waals surface area contributed by atoms with Crippen molar-refractivity contribution in [3.05, 3.63) is 0 Å². The van der Waals surface area contributed by atoms with E-state index in [0.717, 1.165) is 18.4 Å². The van der Waals surface area contributed by atoms with Crippen LogP contribution in [0.25, 0.3) is 0 Å². The summed E-state index contributed by atoms with van der Waals surface area (Å²) in [7, 11) is 0. The van der Waals surface area contributed by atoms with E-state index in [0.29, 0.717) is 11.6 Å². The van der Waals surface area contributed by atoms with Gasteiger partial charge in [0.2, 0.25) is 0 Å². The van der Waals surface area contributed by atoms with Gasteiger partial charge < -0.3 is 5.32 Å². The third kappa shape index (κ3) is 4.43. The molecule has 3 atom stereocenters. The van der Waals surface area contributed by atoms with Crippen molar-refractivity contribution in [3.63, 3.8) is 0 Å². The normalized spacial score (nSPS) is 31.8. The molecule has 1 saturated heterocycles. The van der Waals surface area contributed by atoms with Crippen molar-refractivity contribution in [2.24, 2.45) is 11.8 Å². The average molecular weight is 273 g/mol. The Morgan fingerprint density at radius 1 is 1.39 bits per heavy atom. The molecule has 1 rings (SSSR count). The van der Waals surface area contributed by atoms with Crippen LogP contribution in [0, 0.1) is 11.8 Å². The van der Waals surface area contributed by atoms with Gasteiger partial charge in [-0.15, -0.1) is 0 Å². The van der Waals surface area contributed by atoms with E-state index in [2.05, 4.69) is 51.1 Å². The second kappa shape index (κ2) is 7.16.